The average molecular weight is 659 g/mol. The molecule has 0 aromatic heterocycles. The van der Waals surface area contributed by atoms with Crippen molar-refractivity contribution in [3.8, 4) is 0 Å². The Morgan fingerprint density at radius 2 is 1.71 bits per heavy atom. The summed E-state index contributed by atoms with van der Waals surface area (Å²) in [6.07, 6.45) is 2.41. The molecule has 42 heavy (non-hydrogen) atoms. The Hall–Kier alpha value is -2.18. The van der Waals surface area contributed by atoms with Crippen LogP contribution in [0, 0.1) is 5.41 Å². The molecule has 9 nitrogen and oxygen atoms in total. The van der Waals surface area contributed by atoms with Gasteiger partial charge < -0.3 is 4.90 Å². The second-order valence-electron chi connectivity index (χ2n) is 11.7. The molecule has 2 amide bonds. The second kappa shape index (κ2) is 12.4. The molecule has 0 spiro atoms. The number of nitrogens with one attached hydrogen (secondary N) is 1. The van der Waals surface area contributed by atoms with Gasteiger partial charge in [0.15, 0.2) is 0 Å². The molecule has 2 fully saturated rings. The van der Waals surface area contributed by atoms with E-state index in [1.807, 2.05) is 42.0 Å². The average Bonchev–Trinajstić information content (AvgIpc) is 3.74. The number of hydrogen-bond acceptors (Lipinski definition) is 6. The van der Waals surface area contributed by atoms with Crippen LogP contribution in [0.5, 0.6) is 0 Å². The van der Waals surface area contributed by atoms with Crippen molar-refractivity contribution in [2.24, 2.45) is 5.41 Å². The monoisotopic (exact) mass is 657 g/mol. The van der Waals surface area contributed by atoms with Gasteiger partial charge in [-0.1, -0.05) is 61.3 Å². The number of benzene rings is 2. The summed E-state index contributed by atoms with van der Waals surface area (Å²) in [6.45, 7) is 3.63. The Kier molecular flexibility index (Phi) is 9.69. The van der Waals surface area contributed by atoms with E-state index < -0.39 is 48.7 Å². The normalized spacial score (nSPS) is 24.1. The zero-order chi connectivity index (χ0) is 31.0. The highest BCUT2D eigenvalue weighted by atomic mass is 35.5. The molecule has 230 valence electrons. The van der Waals surface area contributed by atoms with Crippen molar-refractivity contribution in [3.63, 3.8) is 0 Å². The van der Waals surface area contributed by atoms with Crippen LogP contribution in [0.4, 0.5) is 0 Å². The van der Waals surface area contributed by atoms with Crippen molar-refractivity contribution in [2.75, 3.05) is 19.8 Å². The van der Waals surface area contributed by atoms with Crippen LogP contribution < -0.4 is 4.72 Å². The Bertz CT molecular complexity index is 1550. The highest BCUT2D eigenvalue weighted by Gasteiger charge is 2.53. The van der Waals surface area contributed by atoms with E-state index in [-0.39, 0.29) is 31.2 Å². The van der Waals surface area contributed by atoms with Crippen LogP contribution in [-0.2, 0) is 29.6 Å². The number of piperidine rings is 1. The van der Waals surface area contributed by atoms with Crippen molar-refractivity contribution < 1.29 is 26.4 Å². The molecule has 0 bridgehead atoms. The summed E-state index contributed by atoms with van der Waals surface area (Å²) in [5.74, 6) is -1.50. The number of halogens is 2. The third-order valence-corrected chi connectivity index (χ3v) is 11.6. The number of hydrogen-bond donors (Lipinski definition) is 1. The molecule has 13 heteroatoms. The predicted molar refractivity (Wildman–Crippen MR) is 164 cm³/mol. The van der Waals surface area contributed by atoms with Crippen LogP contribution in [0.3, 0.4) is 0 Å². The summed E-state index contributed by atoms with van der Waals surface area (Å²) >= 11 is 12.6. The van der Waals surface area contributed by atoms with E-state index in [0.29, 0.717) is 29.3 Å². The van der Waals surface area contributed by atoms with E-state index in [1.165, 1.54) is 11.4 Å². The number of likely N-dealkylation sites (tertiary alicyclic amines) is 1. The molecule has 4 rings (SSSR count). The molecule has 2 aromatic rings. The number of carbonyl (C=O) groups excluding carboxylic acids is 2. The maximum absolute atomic E-state index is 14.6. The minimum atomic E-state index is -3.84. The van der Waals surface area contributed by atoms with Gasteiger partial charge in [0, 0.05) is 42.0 Å². The summed E-state index contributed by atoms with van der Waals surface area (Å²) in [5.41, 5.74) is 0.335. The molecule has 2 aromatic carbocycles. The molecule has 2 aliphatic rings. The Morgan fingerprint density at radius 3 is 2.26 bits per heavy atom. The van der Waals surface area contributed by atoms with Gasteiger partial charge in [0.2, 0.25) is 31.9 Å². The van der Waals surface area contributed by atoms with Crippen LogP contribution in [0.2, 0.25) is 10.0 Å². The quantitative estimate of drug-likeness (QED) is 0.373. The van der Waals surface area contributed by atoms with E-state index in [9.17, 15) is 26.4 Å². The van der Waals surface area contributed by atoms with E-state index in [0.717, 1.165) is 17.4 Å². The van der Waals surface area contributed by atoms with Crippen LogP contribution in [0.15, 0.2) is 48.5 Å². The maximum atomic E-state index is 14.6. The Labute approximate surface area is 258 Å². The highest BCUT2D eigenvalue weighted by Crippen LogP contribution is 2.52. The van der Waals surface area contributed by atoms with Gasteiger partial charge in [-0.15, -0.1) is 0 Å². The minimum absolute atomic E-state index is 0.0685. The van der Waals surface area contributed by atoms with Crippen molar-refractivity contribution in [1.29, 1.82) is 0 Å². The van der Waals surface area contributed by atoms with E-state index in [4.69, 9.17) is 23.2 Å². The summed E-state index contributed by atoms with van der Waals surface area (Å²) in [5, 5.41) is 0.620. The lowest BCUT2D eigenvalue weighted by Gasteiger charge is -2.52. The smallest absolute Gasteiger partial charge is 0.234 e. The molecular formula is C29H37Cl2N3O6S2. The Morgan fingerprint density at radius 1 is 1.07 bits per heavy atom. The van der Waals surface area contributed by atoms with Gasteiger partial charge in [0.1, 0.15) is 0 Å². The summed E-state index contributed by atoms with van der Waals surface area (Å²) in [6, 6.07) is 13.4. The largest absolute Gasteiger partial charge is 0.330 e. The topological polar surface area (TPSA) is 121 Å². The first-order valence-electron chi connectivity index (χ1n) is 13.8. The molecule has 1 aliphatic heterocycles. The zero-order valence-electron chi connectivity index (χ0n) is 24.1. The van der Waals surface area contributed by atoms with Gasteiger partial charge in [0.05, 0.1) is 23.0 Å². The first-order chi connectivity index (χ1) is 19.6. The number of carbonyl (C=O) groups is 2. The number of nitrogens with zero attached hydrogens (tertiary/aromatic N) is 2. The third kappa shape index (κ3) is 7.30. The summed E-state index contributed by atoms with van der Waals surface area (Å²) < 4.78 is 53.2. The van der Waals surface area contributed by atoms with Crippen molar-refractivity contribution >= 4 is 55.1 Å². The predicted octanol–water partition coefficient (Wildman–Crippen LogP) is 4.73. The molecule has 1 N–H and O–H groups in total. The fourth-order valence-corrected chi connectivity index (χ4v) is 8.41. The molecule has 4 atom stereocenters. The van der Waals surface area contributed by atoms with Crippen LogP contribution in [0.25, 0.3) is 0 Å². The number of amides is 2. The molecule has 1 saturated heterocycles. The number of rotatable bonds is 11. The van der Waals surface area contributed by atoms with Crippen molar-refractivity contribution in [3.05, 3.63) is 69.7 Å². The number of likely N-dealkylation sites (N-methyl/N-ethyl adjacent to an activating group) is 1. The van der Waals surface area contributed by atoms with Crippen molar-refractivity contribution in [1.82, 2.24) is 13.9 Å². The lowest BCUT2D eigenvalue weighted by atomic mass is 9.67. The minimum Gasteiger partial charge on any atom is -0.330 e. The molecule has 1 aliphatic carbocycles. The highest BCUT2D eigenvalue weighted by molar-refractivity contribution is 7.90. The van der Waals surface area contributed by atoms with E-state index in [1.54, 1.807) is 30.0 Å². The van der Waals surface area contributed by atoms with Crippen LogP contribution in [0.1, 0.15) is 69.0 Å². The lowest BCUT2D eigenvalue weighted by Crippen LogP contribution is -2.58. The molecule has 0 radical (unpaired) electrons. The number of sulfonamides is 2. The molecule has 1 heterocycles. The van der Waals surface area contributed by atoms with Gasteiger partial charge in [0.25, 0.3) is 0 Å². The summed E-state index contributed by atoms with van der Waals surface area (Å²) in [7, 11) is -5.83. The first kappa shape index (κ1) is 32.7. The molecule has 1 saturated carbocycles. The van der Waals surface area contributed by atoms with E-state index in [2.05, 4.69) is 0 Å². The van der Waals surface area contributed by atoms with Crippen molar-refractivity contribution in [2.45, 2.75) is 69.2 Å². The SMILES string of the molecule is CCC(CN(C)S(=O)(=O)C1CC1)N1C(=O)[C@@](C)(CC(=O)NS(C)(=O)=O)C[C@H](c2cccc(Cl)c2)[C@H]1c1ccc(Cl)cc1. The third-order valence-electron chi connectivity index (χ3n) is 8.15. The molecule has 1 unspecified atom stereocenters. The fraction of sp³-hybridized carbons (Fsp3) is 0.517. The zero-order valence-corrected chi connectivity index (χ0v) is 27.2. The lowest BCUT2D eigenvalue weighted by molar-refractivity contribution is -0.157. The van der Waals surface area contributed by atoms with Crippen LogP contribution >= 0.6 is 23.2 Å². The van der Waals surface area contributed by atoms with Gasteiger partial charge in [-0.25, -0.2) is 21.1 Å². The fourth-order valence-electron chi connectivity index (χ4n) is 5.98. The maximum Gasteiger partial charge on any atom is 0.234 e. The van der Waals surface area contributed by atoms with Gasteiger partial charge >= 0.3 is 0 Å². The second-order valence-corrected chi connectivity index (χ2v) is 16.6. The van der Waals surface area contributed by atoms with Gasteiger partial charge in [-0.3, -0.25) is 14.3 Å². The Balaban J connectivity index is 1.86. The first-order valence-corrected chi connectivity index (χ1v) is 18.0. The van der Waals surface area contributed by atoms with Gasteiger partial charge in [-0.2, -0.15) is 0 Å². The van der Waals surface area contributed by atoms with Gasteiger partial charge in [-0.05, 0) is 61.1 Å². The van der Waals surface area contributed by atoms with Crippen LogP contribution in [-0.4, -0.2) is 69.0 Å². The summed E-state index contributed by atoms with van der Waals surface area (Å²) in [4.78, 5) is 29.2. The standard InChI is InChI=1S/C29H37Cl2N3O6S2/c1-5-23(18-33(3)42(39,40)24-13-14-24)34-27(19-9-11-21(30)12-10-19)25(20-7-6-8-22(31)15-20)16-29(2,28(34)36)17-26(35)32-41(4,37)38/h6-12,15,23-25,27H,5,13-14,16-18H2,1-4H3,(H,32,35)/t23?,25-,27-,29-/m1/s1. The molecular weight excluding hydrogens is 621 g/mol. The van der Waals surface area contributed by atoms with E-state index >= 15 is 0 Å².